The molecule has 3 aromatic carbocycles. The molecular formula is C35H41F4N3O4S. The average molecular weight is 676 g/mol. The van der Waals surface area contributed by atoms with Crippen LogP contribution in [0.2, 0.25) is 0 Å². The molecule has 47 heavy (non-hydrogen) atoms. The van der Waals surface area contributed by atoms with E-state index in [1.165, 1.54) is 36.4 Å². The molecule has 2 aliphatic rings. The van der Waals surface area contributed by atoms with Crippen molar-refractivity contribution in [2.45, 2.75) is 81.3 Å². The maximum absolute atomic E-state index is 15.4. The molecule has 1 heterocycles. The second kappa shape index (κ2) is 14.9. The van der Waals surface area contributed by atoms with Crippen LogP contribution in [-0.2, 0) is 32.4 Å². The minimum Gasteiger partial charge on any atom is -0.377 e. The lowest BCUT2D eigenvalue weighted by Gasteiger charge is -2.42. The molecule has 4 atom stereocenters. The third-order valence-corrected chi connectivity index (χ3v) is 11.4. The van der Waals surface area contributed by atoms with E-state index in [1.807, 2.05) is 13.8 Å². The zero-order valence-electron chi connectivity index (χ0n) is 26.5. The topological polar surface area (TPSA) is 102 Å². The summed E-state index contributed by atoms with van der Waals surface area (Å²) in [5.41, 5.74) is 7.62. The van der Waals surface area contributed by atoms with Crippen LogP contribution in [-0.4, -0.2) is 67.7 Å². The van der Waals surface area contributed by atoms with E-state index in [1.54, 1.807) is 10.4 Å². The van der Waals surface area contributed by atoms with Gasteiger partial charge in [0.1, 0.15) is 23.3 Å². The monoisotopic (exact) mass is 675 g/mol. The van der Waals surface area contributed by atoms with Crippen molar-refractivity contribution in [2.24, 2.45) is 5.73 Å². The first-order valence-corrected chi connectivity index (χ1v) is 17.5. The summed E-state index contributed by atoms with van der Waals surface area (Å²) in [4.78, 5) is 13.7. The van der Waals surface area contributed by atoms with E-state index in [4.69, 9.17) is 10.5 Å². The van der Waals surface area contributed by atoms with E-state index in [2.05, 4.69) is 5.32 Å². The highest BCUT2D eigenvalue weighted by Crippen LogP contribution is 2.35. The molecule has 0 bridgehead atoms. The van der Waals surface area contributed by atoms with Crippen molar-refractivity contribution in [1.29, 1.82) is 0 Å². The molecule has 0 spiro atoms. The number of nitrogens with one attached hydrogen (secondary N) is 1. The van der Waals surface area contributed by atoms with Gasteiger partial charge in [0.25, 0.3) is 0 Å². The minimum atomic E-state index is -3.59. The predicted octanol–water partition coefficient (Wildman–Crippen LogP) is 5.01. The first-order chi connectivity index (χ1) is 22.3. The van der Waals surface area contributed by atoms with Crippen LogP contribution in [0, 0.1) is 23.3 Å². The Balaban J connectivity index is 1.38. The van der Waals surface area contributed by atoms with Crippen molar-refractivity contribution in [3.8, 4) is 0 Å². The molecule has 1 aliphatic carbocycles. The molecule has 7 nitrogen and oxygen atoms in total. The summed E-state index contributed by atoms with van der Waals surface area (Å²) >= 11 is 0. The van der Waals surface area contributed by atoms with Crippen LogP contribution in [0.5, 0.6) is 0 Å². The quantitative estimate of drug-likeness (QED) is 0.233. The Kier molecular flexibility index (Phi) is 11.2. The number of ketones is 1. The van der Waals surface area contributed by atoms with Gasteiger partial charge in [0, 0.05) is 37.5 Å². The number of sulfonamides is 1. The summed E-state index contributed by atoms with van der Waals surface area (Å²) in [5, 5.41) is 2.89. The van der Waals surface area contributed by atoms with Gasteiger partial charge in [0.05, 0.1) is 30.0 Å². The molecule has 1 unspecified atom stereocenters. The molecule has 12 heteroatoms. The first-order valence-electron chi connectivity index (χ1n) is 16.0. The fourth-order valence-electron chi connectivity index (χ4n) is 6.40. The summed E-state index contributed by atoms with van der Waals surface area (Å²) in [6.07, 6.45) is 1.32. The second-order valence-corrected chi connectivity index (χ2v) is 14.9. The summed E-state index contributed by atoms with van der Waals surface area (Å²) in [6.45, 7) is 4.84. The predicted molar refractivity (Wildman–Crippen MR) is 171 cm³/mol. The zero-order valence-corrected chi connectivity index (χ0v) is 27.3. The number of nitrogens with two attached hydrogens (primary N) is 1. The Bertz CT molecular complexity index is 1650. The van der Waals surface area contributed by atoms with E-state index in [0.29, 0.717) is 49.5 Å². The fraction of sp³-hybridized carbons (Fsp3) is 0.457. The van der Waals surface area contributed by atoms with Gasteiger partial charge in [-0.05, 0) is 92.1 Å². The number of hydrogen-bond acceptors (Lipinski definition) is 6. The summed E-state index contributed by atoms with van der Waals surface area (Å²) in [5.74, 6) is -4.30. The molecule has 1 aliphatic heterocycles. The van der Waals surface area contributed by atoms with E-state index in [0.717, 1.165) is 12.1 Å². The number of halogens is 4. The number of benzene rings is 3. The van der Waals surface area contributed by atoms with Crippen molar-refractivity contribution in [2.75, 3.05) is 19.7 Å². The number of hydrogen-bond donors (Lipinski definition) is 2. The minimum absolute atomic E-state index is 0.0756. The Hall–Kier alpha value is -3.16. The fourth-order valence-corrected chi connectivity index (χ4v) is 8.62. The molecule has 0 radical (unpaired) electrons. The van der Waals surface area contributed by atoms with Crippen LogP contribution >= 0.6 is 0 Å². The Morgan fingerprint density at radius 3 is 2.23 bits per heavy atom. The highest BCUT2D eigenvalue weighted by atomic mass is 32.2. The van der Waals surface area contributed by atoms with Gasteiger partial charge in [-0.3, -0.25) is 4.79 Å². The molecule has 0 aromatic heterocycles. The number of carbonyl (C=O) groups is 1. The van der Waals surface area contributed by atoms with Gasteiger partial charge in [-0.25, -0.2) is 26.0 Å². The third kappa shape index (κ3) is 8.47. The van der Waals surface area contributed by atoms with Crippen LogP contribution in [0.25, 0.3) is 0 Å². The average Bonchev–Trinajstić information content (AvgIpc) is 3.87. The van der Waals surface area contributed by atoms with Crippen LogP contribution in [0.4, 0.5) is 17.6 Å². The van der Waals surface area contributed by atoms with Crippen LogP contribution in [0.15, 0.2) is 60.7 Å². The Morgan fingerprint density at radius 1 is 0.936 bits per heavy atom. The smallest absolute Gasteiger partial charge is 0.217 e. The SMILES string of the molecule is CC(C)OCC1CNC[C@H](CCc2c(F)cccc2CC(=O)[C@@H](N)[C@@H](c2ccc(F)cc2)c2cc(F)cc(F)c2)N1S(=O)(=O)C1CC1. The van der Waals surface area contributed by atoms with E-state index >= 15 is 4.39 Å². The lowest BCUT2D eigenvalue weighted by Crippen LogP contribution is -2.61. The van der Waals surface area contributed by atoms with Gasteiger partial charge >= 0.3 is 0 Å². The van der Waals surface area contributed by atoms with Gasteiger partial charge in [-0.15, -0.1) is 0 Å². The van der Waals surface area contributed by atoms with E-state index in [9.17, 15) is 26.4 Å². The number of carbonyl (C=O) groups excluding carboxylic acids is 1. The molecule has 254 valence electrons. The summed E-state index contributed by atoms with van der Waals surface area (Å²) in [6, 6.07) is 10.3. The third-order valence-electron chi connectivity index (χ3n) is 8.85. The summed E-state index contributed by atoms with van der Waals surface area (Å²) < 4.78 is 92.2. The van der Waals surface area contributed by atoms with Gasteiger partial charge in [0.15, 0.2) is 5.78 Å². The van der Waals surface area contributed by atoms with Crippen molar-refractivity contribution in [3.05, 3.63) is 106 Å². The largest absolute Gasteiger partial charge is 0.377 e. The molecule has 0 amide bonds. The molecule has 2 fully saturated rings. The molecular weight excluding hydrogens is 634 g/mol. The van der Waals surface area contributed by atoms with Crippen molar-refractivity contribution < 1.29 is 35.5 Å². The van der Waals surface area contributed by atoms with Crippen LogP contribution < -0.4 is 11.1 Å². The van der Waals surface area contributed by atoms with Crippen LogP contribution in [0.3, 0.4) is 0 Å². The number of ether oxygens (including phenoxy) is 1. The number of Topliss-reactive ketones (excluding diaryl/α,β-unsaturated/α-hetero) is 1. The Morgan fingerprint density at radius 2 is 1.60 bits per heavy atom. The van der Waals surface area contributed by atoms with Crippen molar-refractivity contribution in [3.63, 3.8) is 0 Å². The lowest BCUT2D eigenvalue weighted by atomic mass is 9.82. The lowest BCUT2D eigenvalue weighted by molar-refractivity contribution is -0.119. The molecule has 3 N–H and O–H groups in total. The highest BCUT2D eigenvalue weighted by molar-refractivity contribution is 7.90. The van der Waals surface area contributed by atoms with Gasteiger partial charge in [0.2, 0.25) is 10.0 Å². The van der Waals surface area contributed by atoms with Gasteiger partial charge < -0.3 is 15.8 Å². The maximum atomic E-state index is 15.4. The highest BCUT2D eigenvalue weighted by Gasteiger charge is 2.47. The number of rotatable bonds is 14. The van der Waals surface area contributed by atoms with E-state index < -0.39 is 68.4 Å². The second-order valence-electron chi connectivity index (χ2n) is 12.7. The maximum Gasteiger partial charge on any atom is 0.217 e. The standard InChI is InChI=1S/C35H41F4N3O4S/c1-21(2)46-20-29-19-41-18-28(42(29)47(44,45)30-11-12-30)10-13-31-23(4-3-5-32(31)39)16-33(43)35(40)34(22-6-8-25(36)9-7-22)24-14-26(37)17-27(38)15-24/h3-9,14-15,17,21,28-30,34-35,41H,10-13,16,18-20,40H2,1-2H3/t28-,29?,34-,35+/m0/s1. The van der Waals surface area contributed by atoms with Gasteiger partial charge in [-0.1, -0.05) is 24.3 Å². The number of nitrogens with zero attached hydrogens (tertiary/aromatic N) is 1. The normalized spacial score (nSPS) is 20.3. The zero-order chi connectivity index (χ0) is 33.9. The van der Waals surface area contributed by atoms with Gasteiger partial charge in [-0.2, -0.15) is 4.31 Å². The summed E-state index contributed by atoms with van der Waals surface area (Å²) in [7, 11) is -3.59. The molecule has 5 rings (SSSR count). The first kappa shape index (κ1) is 35.2. The number of piperazine rings is 1. The molecule has 3 aromatic rings. The molecule has 1 saturated carbocycles. The van der Waals surface area contributed by atoms with Crippen LogP contribution in [0.1, 0.15) is 61.3 Å². The molecule has 1 saturated heterocycles. The van der Waals surface area contributed by atoms with Crippen molar-refractivity contribution >= 4 is 15.8 Å². The van der Waals surface area contributed by atoms with E-state index in [-0.39, 0.29) is 36.7 Å². The van der Waals surface area contributed by atoms with Crippen molar-refractivity contribution in [1.82, 2.24) is 9.62 Å². The Labute approximate surface area is 273 Å².